The summed E-state index contributed by atoms with van der Waals surface area (Å²) in [5.41, 5.74) is 1.34. The average molecular weight is 468 g/mol. The van der Waals surface area contributed by atoms with Crippen molar-refractivity contribution in [3.63, 3.8) is 0 Å². The molecule has 9 heteroatoms. The van der Waals surface area contributed by atoms with Crippen LogP contribution in [-0.2, 0) is 11.4 Å². The van der Waals surface area contributed by atoms with Crippen LogP contribution in [-0.4, -0.2) is 11.1 Å². The van der Waals surface area contributed by atoms with Gasteiger partial charge in [-0.1, -0.05) is 63.9 Å². The Bertz CT molecular complexity index is 1060. The number of nitrogens with zero attached hydrogens (tertiary/aromatic N) is 2. The van der Waals surface area contributed by atoms with Gasteiger partial charge in [-0.3, -0.25) is 10.1 Å². The van der Waals surface area contributed by atoms with Crippen LogP contribution in [0.1, 0.15) is 11.1 Å². The highest BCUT2D eigenvalue weighted by Gasteiger charge is 2.15. The minimum atomic E-state index is -0.424. The Balaban J connectivity index is 1.68. The van der Waals surface area contributed by atoms with Gasteiger partial charge in [0, 0.05) is 21.5 Å². The Morgan fingerprint density at radius 1 is 1.00 bits per heavy atom. The van der Waals surface area contributed by atoms with Crippen molar-refractivity contribution in [1.29, 1.82) is 0 Å². The lowest BCUT2D eigenvalue weighted by Crippen LogP contribution is -1.94. The average Bonchev–Trinajstić information content (AvgIpc) is 2.70. The van der Waals surface area contributed by atoms with Crippen LogP contribution in [0.25, 0.3) is 0 Å². The standard InChI is InChI=1S/C20H13Cl3N2O3S/c21-15-3-5-16(6-4-15)29-20-8-2-13(10-19(20)25(26)27)11-24-28-12-14-1-7-17(22)18(23)9-14/h1-11H,12H2. The molecule has 148 valence electrons. The molecule has 0 saturated carbocycles. The molecule has 0 saturated heterocycles. The molecule has 0 N–H and O–H groups in total. The summed E-state index contributed by atoms with van der Waals surface area (Å²) in [6.45, 7) is 0.194. The van der Waals surface area contributed by atoms with Crippen LogP contribution in [0.5, 0.6) is 0 Å². The van der Waals surface area contributed by atoms with E-state index in [4.69, 9.17) is 39.6 Å². The van der Waals surface area contributed by atoms with Crippen molar-refractivity contribution in [3.05, 3.63) is 97.0 Å². The van der Waals surface area contributed by atoms with Crippen molar-refractivity contribution in [2.45, 2.75) is 16.4 Å². The van der Waals surface area contributed by atoms with Gasteiger partial charge in [-0.05, 0) is 48.0 Å². The fraction of sp³-hybridized carbons (Fsp3) is 0.0500. The van der Waals surface area contributed by atoms with E-state index in [0.717, 1.165) is 10.5 Å². The zero-order valence-electron chi connectivity index (χ0n) is 14.7. The molecule has 29 heavy (non-hydrogen) atoms. The summed E-state index contributed by atoms with van der Waals surface area (Å²) >= 11 is 19.0. The van der Waals surface area contributed by atoms with E-state index >= 15 is 0 Å². The van der Waals surface area contributed by atoms with Crippen molar-refractivity contribution in [3.8, 4) is 0 Å². The molecular weight excluding hydrogens is 455 g/mol. The summed E-state index contributed by atoms with van der Waals surface area (Å²) in [5, 5.41) is 16.8. The molecular formula is C20H13Cl3N2O3S. The molecule has 0 aromatic heterocycles. The van der Waals surface area contributed by atoms with E-state index in [2.05, 4.69) is 5.16 Å². The maximum Gasteiger partial charge on any atom is 0.283 e. The third-order valence-corrected chi connectivity index (χ3v) is 5.78. The van der Waals surface area contributed by atoms with Crippen molar-refractivity contribution < 1.29 is 9.76 Å². The van der Waals surface area contributed by atoms with E-state index in [1.807, 2.05) is 12.1 Å². The Labute approximate surface area is 186 Å². The Hall–Kier alpha value is -2.25. The quantitative estimate of drug-likeness (QED) is 0.208. The number of hydrogen-bond donors (Lipinski definition) is 0. The largest absolute Gasteiger partial charge is 0.391 e. The van der Waals surface area contributed by atoms with Gasteiger partial charge in [-0.25, -0.2) is 0 Å². The predicted octanol–water partition coefficient (Wildman–Crippen LogP) is 7.26. The summed E-state index contributed by atoms with van der Waals surface area (Å²) < 4.78 is 0. The first-order chi connectivity index (χ1) is 13.9. The molecule has 3 aromatic rings. The van der Waals surface area contributed by atoms with E-state index in [-0.39, 0.29) is 12.3 Å². The van der Waals surface area contributed by atoms with E-state index in [1.165, 1.54) is 24.0 Å². The summed E-state index contributed by atoms with van der Waals surface area (Å²) in [6.07, 6.45) is 1.42. The smallest absolute Gasteiger partial charge is 0.283 e. The molecule has 0 aliphatic heterocycles. The molecule has 0 heterocycles. The third-order valence-electron chi connectivity index (χ3n) is 3.71. The minimum absolute atomic E-state index is 0.0154. The summed E-state index contributed by atoms with van der Waals surface area (Å²) in [7, 11) is 0. The van der Waals surface area contributed by atoms with Crippen LogP contribution < -0.4 is 0 Å². The molecule has 0 aliphatic rings. The van der Waals surface area contributed by atoms with Gasteiger partial charge in [0.15, 0.2) is 0 Å². The number of hydrogen-bond acceptors (Lipinski definition) is 5. The van der Waals surface area contributed by atoms with Crippen LogP contribution in [0.2, 0.25) is 15.1 Å². The van der Waals surface area contributed by atoms with Gasteiger partial charge in [0.05, 0.1) is 26.1 Å². The lowest BCUT2D eigenvalue weighted by molar-refractivity contribution is -0.387. The fourth-order valence-corrected chi connectivity index (χ4v) is 3.66. The molecule has 0 amide bonds. The van der Waals surface area contributed by atoms with Crippen LogP contribution in [0.15, 0.2) is 75.6 Å². The highest BCUT2D eigenvalue weighted by atomic mass is 35.5. The van der Waals surface area contributed by atoms with Crippen LogP contribution in [0.3, 0.4) is 0 Å². The molecule has 0 aliphatic carbocycles. The molecule has 0 bridgehead atoms. The number of rotatable bonds is 7. The maximum atomic E-state index is 11.5. The molecule has 0 unspecified atom stereocenters. The van der Waals surface area contributed by atoms with Gasteiger partial charge in [-0.2, -0.15) is 0 Å². The van der Waals surface area contributed by atoms with Crippen molar-refractivity contribution in [2.24, 2.45) is 5.16 Å². The van der Waals surface area contributed by atoms with E-state index in [9.17, 15) is 10.1 Å². The van der Waals surface area contributed by atoms with Gasteiger partial charge in [-0.15, -0.1) is 0 Å². The van der Waals surface area contributed by atoms with Gasteiger partial charge >= 0.3 is 0 Å². The highest BCUT2D eigenvalue weighted by Crippen LogP contribution is 2.35. The number of oxime groups is 1. The molecule has 0 fully saturated rings. The van der Waals surface area contributed by atoms with Crippen molar-refractivity contribution in [1.82, 2.24) is 0 Å². The molecule has 5 nitrogen and oxygen atoms in total. The number of nitro groups is 1. The van der Waals surface area contributed by atoms with E-state index < -0.39 is 4.92 Å². The first-order valence-electron chi connectivity index (χ1n) is 8.23. The Morgan fingerprint density at radius 2 is 1.76 bits per heavy atom. The van der Waals surface area contributed by atoms with E-state index in [0.29, 0.717) is 25.5 Å². The predicted molar refractivity (Wildman–Crippen MR) is 118 cm³/mol. The lowest BCUT2D eigenvalue weighted by Gasteiger charge is -2.05. The summed E-state index contributed by atoms with van der Waals surface area (Å²) in [4.78, 5) is 17.6. The van der Waals surface area contributed by atoms with Gasteiger partial charge < -0.3 is 4.84 Å². The second-order valence-electron chi connectivity index (χ2n) is 5.80. The van der Waals surface area contributed by atoms with Crippen LogP contribution in [0.4, 0.5) is 5.69 Å². The van der Waals surface area contributed by atoms with Crippen molar-refractivity contribution >= 4 is 58.5 Å². The summed E-state index contributed by atoms with van der Waals surface area (Å²) in [6, 6.07) is 17.1. The molecule has 0 atom stereocenters. The Morgan fingerprint density at radius 3 is 2.45 bits per heavy atom. The van der Waals surface area contributed by atoms with E-state index in [1.54, 1.807) is 42.5 Å². The monoisotopic (exact) mass is 466 g/mol. The first-order valence-corrected chi connectivity index (χ1v) is 10.2. The molecule has 3 aromatic carbocycles. The third kappa shape index (κ3) is 6.11. The SMILES string of the molecule is O=[N+]([O-])c1cc(C=NOCc2ccc(Cl)c(Cl)c2)ccc1Sc1ccc(Cl)cc1. The molecule has 0 radical (unpaired) electrons. The zero-order chi connectivity index (χ0) is 20.8. The Kier molecular flexibility index (Phi) is 7.39. The first kappa shape index (κ1) is 21.5. The molecule has 3 rings (SSSR count). The van der Waals surface area contributed by atoms with Crippen molar-refractivity contribution in [2.75, 3.05) is 0 Å². The van der Waals surface area contributed by atoms with Crippen LogP contribution >= 0.6 is 46.6 Å². The zero-order valence-corrected chi connectivity index (χ0v) is 17.8. The topological polar surface area (TPSA) is 64.7 Å². The number of nitro benzene ring substituents is 1. The second kappa shape index (κ2) is 9.98. The normalized spacial score (nSPS) is 11.0. The number of benzene rings is 3. The summed E-state index contributed by atoms with van der Waals surface area (Å²) in [5.74, 6) is 0. The number of halogens is 3. The molecule has 0 spiro atoms. The maximum absolute atomic E-state index is 11.5. The minimum Gasteiger partial charge on any atom is -0.391 e. The fourth-order valence-electron chi connectivity index (χ4n) is 2.31. The van der Waals surface area contributed by atoms with Gasteiger partial charge in [0.25, 0.3) is 5.69 Å². The second-order valence-corrected chi connectivity index (χ2v) is 8.16. The van der Waals surface area contributed by atoms with Gasteiger partial charge in [0.2, 0.25) is 0 Å². The highest BCUT2D eigenvalue weighted by molar-refractivity contribution is 7.99. The van der Waals surface area contributed by atoms with Crippen LogP contribution in [0, 0.1) is 10.1 Å². The van der Waals surface area contributed by atoms with Gasteiger partial charge in [0.1, 0.15) is 6.61 Å². The lowest BCUT2D eigenvalue weighted by atomic mass is 10.2.